The lowest BCUT2D eigenvalue weighted by Gasteiger charge is -2.11. The SMILES string of the molecule is Brc1cnc(CNc2ccccc2-c2cccs2)c(Br)c1. The molecule has 0 amide bonds. The average Bonchev–Trinajstić information content (AvgIpc) is 3.01. The first kappa shape index (κ1) is 14.8. The largest absolute Gasteiger partial charge is 0.379 e. The highest BCUT2D eigenvalue weighted by Gasteiger charge is 2.07. The predicted molar refractivity (Wildman–Crippen MR) is 96.7 cm³/mol. The standard InChI is InChI=1S/C16H12Br2N2S/c17-11-8-13(18)15(19-9-11)10-20-14-5-2-1-4-12(14)16-6-3-7-21-16/h1-9,20H,10H2. The maximum Gasteiger partial charge on any atom is 0.0737 e. The molecule has 0 spiro atoms. The molecule has 106 valence electrons. The van der Waals surface area contributed by atoms with E-state index in [9.17, 15) is 0 Å². The van der Waals surface area contributed by atoms with Crippen LogP contribution < -0.4 is 5.32 Å². The van der Waals surface area contributed by atoms with Gasteiger partial charge in [-0.2, -0.15) is 0 Å². The summed E-state index contributed by atoms with van der Waals surface area (Å²) in [6.07, 6.45) is 1.81. The zero-order valence-electron chi connectivity index (χ0n) is 11.0. The second-order valence-corrected chi connectivity index (χ2v) is 7.18. The molecule has 1 aromatic carbocycles. The molecule has 0 radical (unpaired) electrons. The number of halogens is 2. The number of nitrogens with one attached hydrogen (secondary N) is 1. The molecule has 0 aliphatic heterocycles. The molecule has 3 rings (SSSR count). The van der Waals surface area contributed by atoms with Crippen LogP contribution in [-0.4, -0.2) is 4.98 Å². The smallest absolute Gasteiger partial charge is 0.0737 e. The maximum absolute atomic E-state index is 4.43. The first-order valence-electron chi connectivity index (χ1n) is 6.41. The van der Waals surface area contributed by atoms with Crippen LogP contribution in [0.2, 0.25) is 0 Å². The van der Waals surface area contributed by atoms with Crippen molar-refractivity contribution in [1.29, 1.82) is 0 Å². The van der Waals surface area contributed by atoms with Gasteiger partial charge in [0.2, 0.25) is 0 Å². The van der Waals surface area contributed by atoms with Gasteiger partial charge >= 0.3 is 0 Å². The number of pyridine rings is 1. The molecular weight excluding hydrogens is 412 g/mol. The van der Waals surface area contributed by atoms with Gasteiger partial charge < -0.3 is 5.32 Å². The van der Waals surface area contributed by atoms with E-state index < -0.39 is 0 Å². The van der Waals surface area contributed by atoms with Gasteiger partial charge in [-0.05, 0) is 55.4 Å². The molecule has 0 unspecified atom stereocenters. The van der Waals surface area contributed by atoms with Crippen LogP contribution in [0.15, 0.2) is 63.0 Å². The molecule has 1 N–H and O–H groups in total. The van der Waals surface area contributed by atoms with Crippen LogP contribution in [-0.2, 0) is 6.54 Å². The maximum atomic E-state index is 4.43. The molecule has 2 nitrogen and oxygen atoms in total. The van der Waals surface area contributed by atoms with Crippen molar-refractivity contribution in [3.05, 3.63) is 68.7 Å². The highest BCUT2D eigenvalue weighted by atomic mass is 79.9. The van der Waals surface area contributed by atoms with E-state index in [0.29, 0.717) is 6.54 Å². The zero-order valence-corrected chi connectivity index (χ0v) is 15.0. The molecule has 2 aromatic heterocycles. The Bertz CT molecular complexity index is 742. The summed E-state index contributed by atoms with van der Waals surface area (Å²) in [7, 11) is 0. The van der Waals surface area contributed by atoms with Crippen LogP contribution in [0.5, 0.6) is 0 Å². The second kappa shape index (κ2) is 6.73. The second-order valence-electron chi connectivity index (χ2n) is 4.46. The normalized spacial score (nSPS) is 10.6. The number of thiophene rings is 1. The summed E-state index contributed by atoms with van der Waals surface area (Å²) in [4.78, 5) is 5.70. The number of hydrogen-bond donors (Lipinski definition) is 1. The fourth-order valence-electron chi connectivity index (χ4n) is 2.04. The van der Waals surface area contributed by atoms with Crippen LogP contribution in [0.1, 0.15) is 5.69 Å². The van der Waals surface area contributed by atoms with Gasteiger partial charge in [-0.3, -0.25) is 4.98 Å². The Morgan fingerprint density at radius 1 is 1.10 bits per heavy atom. The summed E-state index contributed by atoms with van der Waals surface area (Å²) >= 11 is 8.71. The number of hydrogen-bond acceptors (Lipinski definition) is 3. The van der Waals surface area contributed by atoms with E-state index in [1.807, 2.05) is 18.3 Å². The van der Waals surface area contributed by atoms with Crippen molar-refractivity contribution in [2.45, 2.75) is 6.54 Å². The summed E-state index contributed by atoms with van der Waals surface area (Å²) in [5.41, 5.74) is 3.33. The van der Waals surface area contributed by atoms with Crippen LogP contribution in [0.4, 0.5) is 5.69 Å². The Labute approximate surface area is 144 Å². The van der Waals surface area contributed by atoms with Crippen molar-refractivity contribution in [3.63, 3.8) is 0 Å². The molecule has 5 heteroatoms. The van der Waals surface area contributed by atoms with E-state index in [1.54, 1.807) is 11.3 Å². The van der Waals surface area contributed by atoms with Crippen molar-refractivity contribution in [2.75, 3.05) is 5.32 Å². The predicted octanol–water partition coefficient (Wildman–Crippen LogP) is 5.95. The van der Waals surface area contributed by atoms with Crippen molar-refractivity contribution in [1.82, 2.24) is 4.98 Å². The van der Waals surface area contributed by atoms with Gasteiger partial charge in [0.1, 0.15) is 0 Å². The highest BCUT2D eigenvalue weighted by Crippen LogP contribution is 2.31. The van der Waals surface area contributed by atoms with Gasteiger partial charge in [0, 0.05) is 31.3 Å². The third-order valence-corrected chi connectivity index (χ3v) is 5.07. The third-order valence-electron chi connectivity index (χ3n) is 3.04. The fraction of sp³-hybridized carbons (Fsp3) is 0.0625. The summed E-state index contributed by atoms with van der Waals surface area (Å²) in [5.74, 6) is 0. The number of anilines is 1. The molecule has 3 aromatic rings. The summed E-state index contributed by atoms with van der Waals surface area (Å²) in [5, 5.41) is 5.57. The lowest BCUT2D eigenvalue weighted by molar-refractivity contribution is 1.03. The van der Waals surface area contributed by atoms with E-state index in [4.69, 9.17) is 0 Å². The van der Waals surface area contributed by atoms with Gasteiger partial charge in [-0.1, -0.05) is 24.3 Å². The highest BCUT2D eigenvalue weighted by molar-refractivity contribution is 9.11. The summed E-state index contributed by atoms with van der Waals surface area (Å²) < 4.78 is 1.97. The van der Waals surface area contributed by atoms with E-state index in [-0.39, 0.29) is 0 Å². The van der Waals surface area contributed by atoms with Crippen molar-refractivity contribution >= 4 is 48.9 Å². The molecule has 21 heavy (non-hydrogen) atoms. The average molecular weight is 424 g/mol. The Kier molecular flexibility index (Phi) is 4.73. The van der Waals surface area contributed by atoms with Crippen molar-refractivity contribution < 1.29 is 0 Å². The molecule has 0 aliphatic rings. The van der Waals surface area contributed by atoms with Gasteiger partial charge in [0.15, 0.2) is 0 Å². The first-order chi connectivity index (χ1) is 10.2. The molecule has 2 heterocycles. The minimum Gasteiger partial charge on any atom is -0.379 e. The number of para-hydroxylation sites is 1. The molecule has 0 aliphatic carbocycles. The molecule has 0 fully saturated rings. The quantitative estimate of drug-likeness (QED) is 0.560. The van der Waals surface area contributed by atoms with E-state index >= 15 is 0 Å². The Hall–Kier alpha value is -1.17. The van der Waals surface area contributed by atoms with Crippen LogP contribution in [0.3, 0.4) is 0 Å². The van der Waals surface area contributed by atoms with Crippen LogP contribution >= 0.6 is 43.2 Å². The molecule has 0 atom stereocenters. The monoisotopic (exact) mass is 422 g/mol. The fourth-order valence-corrected chi connectivity index (χ4v) is 3.93. The molecule has 0 saturated heterocycles. The first-order valence-corrected chi connectivity index (χ1v) is 8.87. The van der Waals surface area contributed by atoms with E-state index in [1.165, 1.54) is 10.4 Å². The lowest BCUT2D eigenvalue weighted by Crippen LogP contribution is -2.03. The van der Waals surface area contributed by atoms with E-state index in [0.717, 1.165) is 20.3 Å². The molecule has 0 saturated carbocycles. The Balaban J connectivity index is 1.83. The summed E-state index contributed by atoms with van der Waals surface area (Å²) in [6, 6.07) is 14.6. The number of aromatic nitrogens is 1. The van der Waals surface area contributed by atoms with Gasteiger partial charge in [-0.25, -0.2) is 0 Å². The minimum atomic E-state index is 0.677. The van der Waals surface area contributed by atoms with E-state index in [2.05, 4.69) is 77.9 Å². The van der Waals surface area contributed by atoms with Gasteiger partial charge in [0.25, 0.3) is 0 Å². The van der Waals surface area contributed by atoms with Gasteiger partial charge in [-0.15, -0.1) is 11.3 Å². The van der Waals surface area contributed by atoms with Crippen molar-refractivity contribution in [3.8, 4) is 10.4 Å². The Morgan fingerprint density at radius 2 is 1.95 bits per heavy atom. The van der Waals surface area contributed by atoms with Crippen LogP contribution in [0.25, 0.3) is 10.4 Å². The number of rotatable bonds is 4. The third kappa shape index (κ3) is 3.54. The van der Waals surface area contributed by atoms with Gasteiger partial charge in [0.05, 0.1) is 12.2 Å². The topological polar surface area (TPSA) is 24.9 Å². The minimum absolute atomic E-state index is 0.677. The number of nitrogens with zero attached hydrogens (tertiary/aromatic N) is 1. The molecule has 0 bridgehead atoms. The Morgan fingerprint density at radius 3 is 2.71 bits per heavy atom. The van der Waals surface area contributed by atoms with Crippen LogP contribution in [0, 0.1) is 0 Å². The van der Waals surface area contributed by atoms with Crippen molar-refractivity contribution in [2.24, 2.45) is 0 Å². The summed E-state index contributed by atoms with van der Waals surface area (Å²) in [6.45, 7) is 0.677. The zero-order chi connectivity index (χ0) is 14.7. The lowest BCUT2D eigenvalue weighted by atomic mass is 10.1. The number of benzene rings is 1. The molecular formula is C16H12Br2N2S.